The fraction of sp³-hybridized carbons (Fsp3) is 0.0645. The summed E-state index contributed by atoms with van der Waals surface area (Å²) in [6.45, 7) is 0. The van der Waals surface area contributed by atoms with Crippen molar-refractivity contribution in [1.29, 1.82) is 0 Å². The van der Waals surface area contributed by atoms with Crippen molar-refractivity contribution in [3.63, 3.8) is 0 Å². The van der Waals surface area contributed by atoms with Gasteiger partial charge in [-0.3, -0.25) is 4.57 Å². The second-order valence-corrected chi connectivity index (χ2v) is 8.43. The van der Waals surface area contributed by atoms with Crippen LogP contribution in [0.4, 0.5) is 11.4 Å². The summed E-state index contributed by atoms with van der Waals surface area (Å²) < 4.78 is 2.25. The van der Waals surface area contributed by atoms with E-state index in [2.05, 4.69) is 125 Å². The maximum Gasteiger partial charge on any atom is 0.145 e. The molecule has 0 atom stereocenters. The van der Waals surface area contributed by atoms with E-state index in [1.54, 1.807) is 0 Å². The van der Waals surface area contributed by atoms with Gasteiger partial charge in [0.05, 0.1) is 11.0 Å². The summed E-state index contributed by atoms with van der Waals surface area (Å²) in [5.41, 5.74) is 7.75. The number of anilines is 2. The molecule has 0 radical (unpaired) electrons. The molecule has 1 aliphatic rings. The SMILES string of the molecule is C1=CC(N(c2ccccc2)c2cccc(-c3nc4ccccc4n3-c3ccccc3)c2)=CCC1. The number of allylic oxidation sites excluding steroid dienone is 3. The number of benzene rings is 4. The van der Waals surface area contributed by atoms with Crippen molar-refractivity contribution in [2.75, 3.05) is 4.90 Å². The summed E-state index contributed by atoms with van der Waals surface area (Å²) in [5, 5.41) is 0. The quantitative estimate of drug-likeness (QED) is 0.276. The van der Waals surface area contributed by atoms with Gasteiger partial charge < -0.3 is 4.90 Å². The molecule has 0 fully saturated rings. The maximum absolute atomic E-state index is 5.06. The van der Waals surface area contributed by atoms with E-state index < -0.39 is 0 Å². The Balaban J connectivity index is 1.53. The van der Waals surface area contributed by atoms with Gasteiger partial charge in [-0.25, -0.2) is 4.98 Å². The number of rotatable bonds is 5. The summed E-state index contributed by atoms with van der Waals surface area (Å²) in [7, 11) is 0. The highest BCUT2D eigenvalue weighted by atomic mass is 15.1. The lowest BCUT2D eigenvalue weighted by Crippen LogP contribution is -2.16. The molecule has 1 aliphatic carbocycles. The van der Waals surface area contributed by atoms with Crippen molar-refractivity contribution >= 4 is 22.4 Å². The van der Waals surface area contributed by atoms with Crippen LogP contribution in [0.15, 0.2) is 133 Å². The van der Waals surface area contributed by atoms with Gasteiger partial charge >= 0.3 is 0 Å². The first-order valence-corrected chi connectivity index (χ1v) is 11.7. The first-order valence-electron chi connectivity index (χ1n) is 11.7. The molecular formula is C31H25N3. The normalized spacial score (nSPS) is 13.1. The van der Waals surface area contributed by atoms with Crippen molar-refractivity contribution < 1.29 is 0 Å². The number of fused-ring (bicyclic) bond motifs is 1. The summed E-state index contributed by atoms with van der Waals surface area (Å²) in [6.07, 6.45) is 8.94. The molecule has 1 aromatic heterocycles. The van der Waals surface area contributed by atoms with E-state index in [-0.39, 0.29) is 0 Å². The first-order chi connectivity index (χ1) is 16.9. The van der Waals surface area contributed by atoms with Gasteiger partial charge in [0.15, 0.2) is 0 Å². The van der Waals surface area contributed by atoms with E-state index in [0.29, 0.717) is 0 Å². The summed E-state index contributed by atoms with van der Waals surface area (Å²) in [5.74, 6) is 0.940. The van der Waals surface area contributed by atoms with Crippen molar-refractivity contribution in [2.24, 2.45) is 0 Å². The Morgan fingerprint density at radius 1 is 0.676 bits per heavy atom. The third-order valence-electron chi connectivity index (χ3n) is 6.19. The van der Waals surface area contributed by atoms with Gasteiger partial charge in [0, 0.05) is 28.3 Å². The minimum absolute atomic E-state index is 0.940. The molecule has 0 N–H and O–H groups in total. The molecule has 6 rings (SSSR count). The molecule has 0 aliphatic heterocycles. The lowest BCUT2D eigenvalue weighted by atomic mass is 10.1. The first kappa shape index (κ1) is 20.3. The number of nitrogens with zero attached hydrogens (tertiary/aromatic N) is 3. The minimum atomic E-state index is 0.940. The summed E-state index contributed by atoms with van der Waals surface area (Å²) in [6, 6.07) is 38.1. The standard InChI is InChI=1S/C31H25N3/c1-4-14-25(15-5-1)33(26-16-6-2-7-17-26)28-20-12-13-24(23-28)31-32-29-21-10-11-22-30(29)34(31)27-18-8-3-9-19-27/h1,3-6,8-23H,2,7H2. The number of aromatic nitrogens is 2. The Hall–Kier alpha value is -4.37. The lowest BCUT2D eigenvalue weighted by molar-refractivity contribution is 0.997. The maximum atomic E-state index is 5.06. The highest BCUT2D eigenvalue weighted by Gasteiger charge is 2.18. The van der Waals surface area contributed by atoms with Crippen LogP contribution in [0.1, 0.15) is 12.8 Å². The second-order valence-electron chi connectivity index (χ2n) is 8.43. The Morgan fingerprint density at radius 2 is 1.41 bits per heavy atom. The highest BCUT2D eigenvalue weighted by Crippen LogP contribution is 2.35. The van der Waals surface area contributed by atoms with Crippen LogP contribution in [0.3, 0.4) is 0 Å². The second kappa shape index (κ2) is 8.87. The molecule has 0 saturated carbocycles. The van der Waals surface area contributed by atoms with Crippen LogP contribution in [0.5, 0.6) is 0 Å². The van der Waals surface area contributed by atoms with Crippen LogP contribution in [-0.4, -0.2) is 9.55 Å². The van der Waals surface area contributed by atoms with E-state index in [1.807, 2.05) is 12.1 Å². The molecule has 164 valence electrons. The summed E-state index contributed by atoms with van der Waals surface area (Å²) >= 11 is 0. The third kappa shape index (κ3) is 3.71. The average molecular weight is 440 g/mol. The fourth-order valence-electron chi connectivity index (χ4n) is 4.63. The average Bonchev–Trinajstić information content (AvgIpc) is 3.31. The van der Waals surface area contributed by atoms with Crippen molar-refractivity contribution in [2.45, 2.75) is 12.8 Å². The zero-order valence-corrected chi connectivity index (χ0v) is 18.9. The van der Waals surface area contributed by atoms with Crippen LogP contribution < -0.4 is 4.90 Å². The fourth-order valence-corrected chi connectivity index (χ4v) is 4.63. The van der Waals surface area contributed by atoms with E-state index >= 15 is 0 Å². The number of imidazole rings is 1. The largest absolute Gasteiger partial charge is 0.311 e. The van der Waals surface area contributed by atoms with Crippen LogP contribution in [0.2, 0.25) is 0 Å². The predicted octanol–water partition coefficient (Wildman–Crippen LogP) is 8.06. The molecule has 3 nitrogen and oxygen atoms in total. The topological polar surface area (TPSA) is 21.1 Å². The van der Waals surface area contributed by atoms with Gasteiger partial charge in [-0.15, -0.1) is 0 Å². The van der Waals surface area contributed by atoms with E-state index in [9.17, 15) is 0 Å². The highest BCUT2D eigenvalue weighted by molar-refractivity contribution is 5.84. The minimum Gasteiger partial charge on any atom is -0.311 e. The Kier molecular flexibility index (Phi) is 5.29. The number of hydrogen-bond donors (Lipinski definition) is 0. The molecule has 0 saturated heterocycles. The van der Waals surface area contributed by atoms with Crippen LogP contribution >= 0.6 is 0 Å². The van der Waals surface area contributed by atoms with Crippen LogP contribution in [0.25, 0.3) is 28.1 Å². The predicted molar refractivity (Wildman–Crippen MR) is 142 cm³/mol. The molecule has 0 amide bonds. The Bertz CT molecular complexity index is 1490. The van der Waals surface area contributed by atoms with Gasteiger partial charge in [0.1, 0.15) is 5.82 Å². The van der Waals surface area contributed by atoms with Crippen LogP contribution in [0, 0.1) is 0 Å². The third-order valence-corrected chi connectivity index (χ3v) is 6.19. The van der Waals surface area contributed by atoms with Gasteiger partial charge in [-0.1, -0.05) is 72.8 Å². The monoisotopic (exact) mass is 439 g/mol. The van der Waals surface area contributed by atoms with E-state index in [4.69, 9.17) is 4.98 Å². The van der Waals surface area contributed by atoms with E-state index in [1.165, 1.54) is 5.70 Å². The molecule has 0 unspecified atom stereocenters. The van der Waals surface area contributed by atoms with Gasteiger partial charge in [-0.05, 0) is 67.4 Å². The summed E-state index contributed by atoms with van der Waals surface area (Å²) in [4.78, 5) is 7.39. The number of hydrogen-bond acceptors (Lipinski definition) is 2. The molecule has 1 heterocycles. The van der Waals surface area contributed by atoms with Crippen molar-refractivity contribution in [1.82, 2.24) is 9.55 Å². The lowest BCUT2D eigenvalue weighted by Gasteiger charge is -2.28. The van der Waals surface area contributed by atoms with Crippen LogP contribution in [-0.2, 0) is 0 Å². The molecule has 5 aromatic rings. The Morgan fingerprint density at radius 3 is 2.21 bits per heavy atom. The molecule has 4 aromatic carbocycles. The van der Waals surface area contributed by atoms with Crippen molar-refractivity contribution in [3.8, 4) is 17.1 Å². The molecule has 0 bridgehead atoms. The van der Waals surface area contributed by atoms with E-state index in [0.717, 1.165) is 52.3 Å². The molecule has 34 heavy (non-hydrogen) atoms. The van der Waals surface area contributed by atoms with Gasteiger partial charge in [-0.2, -0.15) is 0 Å². The molecule has 0 spiro atoms. The number of para-hydroxylation sites is 4. The smallest absolute Gasteiger partial charge is 0.145 e. The van der Waals surface area contributed by atoms with Gasteiger partial charge in [0.25, 0.3) is 0 Å². The molecular weight excluding hydrogens is 414 g/mol. The van der Waals surface area contributed by atoms with Crippen molar-refractivity contribution in [3.05, 3.63) is 133 Å². The zero-order valence-electron chi connectivity index (χ0n) is 18.9. The Labute approximate surface area is 199 Å². The van der Waals surface area contributed by atoms with Gasteiger partial charge in [0.2, 0.25) is 0 Å². The molecule has 3 heteroatoms. The zero-order chi connectivity index (χ0) is 22.7.